The number of rotatable bonds is 3. The molecule has 90 valence electrons. The largest absolute Gasteiger partial charge is 0.383 e. The minimum absolute atomic E-state index is 0.0998. The van der Waals surface area contributed by atoms with Crippen molar-refractivity contribution in [2.75, 3.05) is 6.54 Å². The molecule has 3 rings (SSSR count). The van der Waals surface area contributed by atoms with E-state index in [1.54, 1.807) is 0 Å². The average Bonchev–Trinajstić information content (AvgIpc) is 3.14. The lowest BCUT2D eigenvalue weighted by Gasteiger charge is -2.24. The van der Waals surface area contributed by atoms with Crippen LogP contribution in [-0.2, 0) is 16.8 Å². The van der Waals surface area contributed by atoms with Gasteiger partial charge in [-0.2, -0.15) is 0 Å². The van der Waals surface area contributed by atoms with Crippen LogP contribution in [0.4, 0.5) is 0 Å². The van der Waals surface area contributed by atoms with Crippen LogP contribution < -0.4 is 5.32 Å². The lowest BCUT2D eigenvalue weighted by molar-refractivity contribution is -0.123. The van der Waals surface area contributed by atoms with Gasteiger partial charge < -0.3 is 10.4 Å². The third-order valence-corrected chi connectivity index (χ3v) is 3.83. The molecule has 0 bridgehead atoms. The highest BCUT2D eigenvalue weighted by atomic mass is 16.3. The Morgan fingerprint density at radius 1 is 1.41 bits per heavy atom. The van der Waals surface area contributed by atoms with Gasteiger partial charge in [-0.15, -0.1) is 0 Å². The van der Waals surface area contributed by atoms with Crippen LogP contribution in [0.5, 0.6) is 0 Å². The van der Waals surface area contributed by atoms with E-state index in [1.165, 1.54) is 5.56 Å². The first kappa shape index (κ1) is 10.8. The van der Waals surface area contributed by atoms with E-state index >= 15 is 0 Å². The summed E-state index contributed by atoms with van der Waals surface area (Å²) in [6.07, 6.45) is 3.60. The van der Waals surface area contributed by atoms with E-state index in [1.807, 2.05) is 18.2 Å². The van der Waals surface area contributed by atoms with Crippen molar-refractivity contribution in [2.24, 2.45) is 5.92 Å². The average molecular weight is 231 g/mol. The zero-order valence-electron chi connectivity index (χ0n) is 9.78. The molecule has 0 heterocycles. The van der Waals surface area contributed by atoms with Gasteiger partial charge in [-0.25, -0.2) is 0 Å². The summed E-state index contributed by atoms with van der Waals surface area (Å²) in [6, 6.07) is 7.95. The molecule has 1 atom stereocenters. The number of nitrogens with one attached hydrogen (secondary N) is 1. The summed E-state index contributed by atoms with van der Waals surface area (Å²) in [4.78, 5) is 11.6. The van der Waals surface area contributed by atoms with Crippen molar-refractivity contribution in [2.45, 2.75) is 31.3 Å². The summed E-state index contributed by atoms with van der Waals surface area (Å²) in [6.45, 7) is 0.347. The molecule has 3 nitrogen and oxygen atoms in total. The molecular weight excluding hydrogens is 214 g/mol. The molecule has 0 saturated heterocycles. The first-order valence-corrected chi connectivity index (χ1v) is 6.27. The van der Waals surface area contributed by atoms with Crippen molar-refractivity contribution in [3.05, 3.63) is 35.4 Å². The molecule has 1 amide bonds. The Morgan fingerprint density at radius 2 is 2.18 bits per heavy atom. The second-order valence-electron chi connectivity index (χ2n) is 5.18. The Morgan fingerprint density at radius 3 is 2.94 bits per heavy atom. The van der Waals surface area contributed by atoms with E-state index in [9.17, 15) is 9.90 Å². The number of aliphatic hydroxyl groups is 1. The van der Waals surface area contributed by atoms with Gasteiger partial charge >= 0.3 is 0 Å². The maximum atomic E-state index is 11.6. The summed E-state index contributed by atoms with van der Waals surface area (Å²) in [5, 5.41) is 13.5. The molecule has 0 aliphatic heterocycles. The molecule has 0 aromatic heterocycles. The highest BCUT2D eigenvalue weighted by Crippen LogP contribution is 2.36. The zero-order chi connectivity index (χ0) is 11.9. The number of hydrogen-bond donors (Lipinski definition) is 2. The van der Waals surface area contributed by atoms with Gasteiger partial charge in [0.15, 0.2) is 0 Å². The Bertz CT molecular complexity index is 453. The molecule has 1 saturated carbocycles. The summed E-state index contributed by atoms with van der Waals surface area (Å²) in [7, 11) is 0. The van der Waals surface area contributed by atoms with Crippen LogP contribution in [0.25, 0.3) is 0 Å². The van der Waals surface area contributed by atoms with E-state index in [0.29, 0.717) is 13.0 Å². The minimum Gasteiger partial charge on any atom is -0.383 e. The van der Waals surface area contributed by atoms with Gasteiger partial charge in [-0.05, 0) is 36.8 Å². The van der Waals surface area contributed by atoms with Crippen LogP contribution in [0.2, 0.25) is 0 Å². The second kappa shape index (κ2) is 3.84. The number of carbonyl (C=O) groups is 1. The number of hydrogen-bond acceptors (Lipinski definition) is 2. The smallest absolute Gasteiger partial charge is 0.223 e. The van der Waals surface area contributed by atoms with E-state index in [2.05, 4.69) is 11.4 Å². The molecule has 1 unspecified atom stereocenters. The fourth-order valence-corrected chi connectivity index (χ4v) is 2.58. The molecule has 1 aromatic carbocycles. The first-order chi connectivity index (χ1) is 8.19. The molecule has 2 aliphatic carbocycles. The number of fused-ring (bicyclic) bond motifs is 1. The third-order valence-electron chi connectivity index (χ3n) is 3.83. The minimum atomic E-state index is -0.860. The van der Waals surface area contributed by atoms with Gasteiger partial charge in [-0.3, -0.25) is 4.79 Å². The summed E-state index contributed by atoms with van der Waals surface area (Å²) in [5.41, 5.74) is 1.33. The third kappa shape index (κ3) is 1.95. The molecule has 1 aromatic rings. The van der Waals surface area contributed by atoms with E-state index in [-0.39, 0.29) is 11.8 Å². The Labute approximate surface area is 101 Å². The molecule has 0 radical (unpaired) electrons. The predicted molar refractivity (Wildman–Crippen MR) is 64.4 cm³/mol. The Kier molecular flexibility index (Phi) is 2.44. The lowest BCUT2D eigenvalue weighted by Crippen LogP contribution is -2.39. The number of carbonyl (C=O) groups excluding carboxylic acids is 1. The Balaban J connectivity index is 1.72. The number of amides is 1. The van der Waals surface area contributed by atoms with Crippen LogP contribution >= 0.6 is 0 Å². The standard InChI is InChI=1S/C14H17NO2/c16-13(11-5-6-11)15-9-14(17)8-7-10-3-1-2-4-12(10)14/h1-4,11,17H,5-9H2,(H,15,16). The van der Waals surface area contributed by atoms with Gasteiger partial charge in [0, 0.05) is 5.92 Å². The van der Waals surface area contributed by atoms with Gasteiger partial charge in [0.1, 0.15) is 5.60 Å². The lowest BCUT2D eigenvalue weighted by atomic mass is 9.96. The van der Waals surface area contributed by atoms with Crippen molar-refractivity contribution < 1.29 is 9.90 Å². The fraction of sp³-hybridized carbons (Fsp3) is 0.500. The molecule has 3 heteroatoms. The van der Waals surface area contributed by atoms with Gasteiger partial charge in [0.05, 0.1) is 6.54 Å². The zero-order valence-corrected chi connectivity index (χ0v) is 9.78. The van der Waals surface area contributed by atoms with E-state index in [0.717, 1.165) is 24.8 Å². The highest BCUT2D eigenvalue weighted by Gasteiger charge is 2.38. The van der Waals surface area contributed by atoms with E-state index < -0.39 is 5.60 Å². The van der Waals surface area contributed by atoms with Crippen LogP contribution in [0.15, 0.2) is 24.3 Å². The molecule has 17 heavy (non-hydrogen) atoms. The maximum Gasteiger partial charge on any atom is 0.223 e. The van der Waals surface area contributed by atoms with Crippen molar-refractivity contribution in [3.63, 3.8) is 0 Å². The molecular formula is C14H17NO2. The van der Waals surface area contributed by atoms with Crippen LogP contribution in [0.3, 0.4) is 0 Å². The van der Waals surface area contributed by atoms with Crippen LogP contribution in [0, 0.1) is 5.92 Å². The second-order valence-corrected chi connectivity index (χ2v) is 5.18. The van der Waals surface area contributed by atoms with Gasteiger partial charge in [-0.1, -0.05) is 24.3 Å². The summed E-state index contributed by atoms with van der Waals surface area (Å²) in [5.74, 6) is 0.304. The number of aryl methyl sites for hydroxylation is 1. The summed E-state index contributed by atoms with van der Waals surface area (Å²) >= 11 is 0. The first-order valence-electron chi connectivity index (χ1n) is 6.27. The number of benzene rings is 1. The fourth-order valence-electron chi connectivity index (χ4n) is 2.58. The van der Waals surface area contributed by atoms with Crippen LogP contribution in [0.1, 0.15) is 30.4 Å². The highest BCUT2D eigenvalue weighted by molar-refractivity contribution is 5.80. The monoisotopic (exact) mass is 231 g/mol. The van der Waals surface area contributed by atoms with Crippen molar-refractivity contribution in [1.29, 1.82) is 0 Å². The summed E-state index contributed by atoms with van der Waals surface area (Å²) < 4.78 is 0. The van der Waals surface area contributed by atoms with Crippen molar-refractivity contribution in [3.8, 4) is 0 Å². The van der Waals surface area contributed by atoms with E-state index in [4.69, 9.17) is 0 Å². The Hall–Kier alpha value is -1.35. The SMILES string of the molecule is O=C(NCC1(O)CCc2ccccc21)C1CC1. The van der Waals surface area contributed by atoms with Crippen molar-refractivity contribution in [1.82, 2.24) is 5.32 Å². The maximum absolute atomic E-state index is 11.6. The quantitative estimate of drug-likeness (QED) is 0.825. The topological polar surface area (TPSA) is 49.3 Å². The predicted octanol–water partition coefficient (Wildman–Crippen LogP) is 1.35. The molecule has 0 spiro atoms. The molecule has 2 aliphatic rings. The van der Waals surface area contributed by atoms with Crippen LogP contribution in [-0.4, -0.2) is 17.6 Å². The van der Waals surface area contributed by atoms with Gasteiger partial charge in [0.25, 0.3) is 0 Å². The van der Waals surface area contributed by atoms with Gasteiger partial charge in [0.2, 0.25) is 5.91 Å². The normalized spacial score (nSPS) is 26.6. The van der Waals surface area contributed by atoms with Crippen molar-refractivity contribution >= 4 is 5.91 Å². The molecule has 2 N–H and O–H groups in total. The molecule has 1 fully saturated rings.